The van der Waals surface area contributed by atoms with Crippen LogP contribution in [0.2, 0.25) is 0 Å². The van der Waals surface area contributed by atoms with E-state index in [1.165, 1.54) is 18.2 Å². The van der Waals surface area contributed by atoms with E-state index in [0.717, 1.165) is 12.0 Å². The number of nitrogens with one attached hydrogen (secondary N) is 2. The Labute approximate surface area is 195 Å². The predicted molar refractivity (Wildman–Crippen MR) is 130 cm³/mol. The second-order valence-corrected chi connectivity index (χ2v) is 8.94. The Kier molecular flexibility index (Phi) is 11.1. The molecule has 0 spiro atoms. The lowest BCUT2D eigenvalue weighted by Crippen LogP contribution is -2.41. The van der Waals surface area contributed by atoms with Gasteiger partial charge in [0.25, 0.3) is 0 Å². The van der Waals surface area contributed by atoms with Gasteiger partial charge in [0, 0.05) is 12.8 Å². The van der Waals surface area contributed by atoms with E-state index >= 15 is 0 Å². The van der Waals surface area contributed by atoms with Gasteiger partial charge in [-0.05, 0) is 49.2 Å². The van der Waals surface area contributed by atoms with E-state index in [9.17, 15) is 12.8 Å². The van der Waals surface area contributed by atoms with Gasteiger partial charge in [0.05, 0.1) is 18.8 Å². The smallest absolute Gasteiger partial charge is 0.191 e. The molecule has 166 valence electrons. The minimum atomic E-state index is -3.23. The molecule has 0 bridgehead atoms. The highest BCUT2D eigenvalue weighted by Gasteiger charge is 2.11. The first kappa shape index (κ1) is 26.2. The van der Waals surface area contributed by atoms with Crippen LogP contribution in [0.1, 0.15) is 25.0 Å². The fourth-order valence-corrected chi connectivity index (χ4v) is 3.53. The maximum Gasteiger partial charge on any atom is 0.191 e. The lowest BCUT2D eigenvalue weighted by Gasteiger charge is -2.18. The van der Waals surface area contributed by atoms with Gasteiger partial charge in [-0.25, -0.2) is 17.8 Å². The minimum Gasteiger partial charge on any atom is -0.489 e. The summed E-state index contributed by atoms with van der Waals surface area (Å²) in [7, 11) is -3.23. The Morgan fingerprint density at radius 2 is 1.83 bits per heavy atom. The first-order chi connectivity index (χ1) is 13.8. The van der Waals surface area contributed by atoms with Gasteiger partial charge in [0.2, 0.25) is 0 Å². The topological polar surface area (TPSA) is 79.8 Å². The summed E-state index contributed by atoms with van der Waals surface area (Å²) >= 11 is 0. The molecule has 0 aliphatic rings. The summed E-state index contributed by atoms with van der Waals surface area (Å²) in [4.78, 5) is 4.47. The number of halogens is 2. The van der Waals surface area contributed by atoms with Crippen molar-refractivity contribution in [3.8, 4) is 5.75 Å². The Balaban J connectivity index is 0.00000450. The quantitative estimate of drug-likeness (QED) is 0.285. The Hall–Kier alpha value is -1.88. The second-order valence-electron chi connectivity index (χ2n) is 6.80. The average molecular weight is 549 g/mol. The number of sulfone groups is 1. The van der Waals surface area contributed by atoms with Crippen molar-refractivity contribution in [2.75, 3.05) is 19.3 Å². The van der Waals surface area contributed by atoms with E-state index in [4.69, 9.17) is 4.74 Å². The summed E-state index contributed by atoms with van der Waals surface area (Å²) in [5, 5.41) is 6.32. The molecule has 0 amide bonds. The molecule has 0 fully saturated rings. The van der Waals surface area contributed by atoms with Gasteiger partial charge in [-0.15, -0.1) is 24.0 Å². The molecule has 30 heavy (non-hydrogen) atoms. The normalized spacial score (nSPS) is 12.6. The fraction of sp³-hybridized carbons (Fsp3) is 0.381. The molecule has 0 heterocycles. The predicted octanol–water partition coefficient (Wildman–Crippen LogP) is 3.51. The molecule has 0 aliphatic heterocycles. The lowest BCUT2D eigenvalue weighted by atomic mass is 10.1. The average Bonchev–Trinajstić information content (AvgIpc) is 2.65. The van der Waals surface area contributed by atoms with Gasteiger partial charge >= 0.3 is 0 Å². The summed E-state index contributed by atoms with van der Waals surface area (Å²) in [6.07, 6.45) is 1.06. The van der Waals surface area contributed by atoms with E-state index in [-0.39, 0.29) is 42.4 Å². The van der Waals surface area contributed by atoms with Crippen molar-refractivity contribution in [1.82, 2.24) is 10.6 Å². The molecule has 2 N–H and O–H groups in total. The fourth-order valence-electron chi connectivity index (χ4n) is 2.68. The van der Waals surface area contributed by atoms with E-state index in [0.29, 0.717) is 30.2 Å². The third-order valence-electron chi connectivity index (χ3n) is 3.98. The largest absolute Gasteiger partial charge is 0.489 e. The second kappa shape index (κ2) is 12.7. The van der Waals surface area contributed by atoms with E-state index in [1.807, 2.05) is 44.2 Å². The number of benzene rings is 2. The number of aliphatic imine (C=N–C) groups is 1. The zero-order valence-electron chi connectivity index (χ0n) is 17.4. The molecule has 1 atom stereocenters. The standard InChI is InChI=1S/C21H28FN3O3S.HI/c1-4-23-21(24-13-16(2)28-20-8-6-5-7-9-20)25-14-18-12-19(22)11-10-17(18)15-29(3,26)27;/h5-12,16H,4,13-15H2,1-3H3,(H2,23,24,25);1H. The van der Waals surface area contributed by atoms with Gasteiger partial charge in [-0.2, -0.15) is 0 Å². The van der Waals surface area contributed by atoms with Crippen LogP contribution in [-0.4, -0.2) is 39.8 Å². The van der Waals surface area contributed by atoms with Gasteiger partial charge in [0.1, 0.15) is 17.7 Å². The summed E-state index contributed by atoms with van der Waals surface area (Å²) in [5.41, 5.74) is 1.09. The molecular weight excluding hydrogens is 520 g/mol. The van der Waals surface area contributed by atoms with Gasteiger partial charge < -0.3 is 15.4 Å². The van der Waals surface area contributed by atoms with Crippen molar-refractivity contribution < 1.29 is 17.5 Å². The van der Waals surface area contributed by atoms with Crippen LogP contribution in [0.5, 0.6) is 5.75 Å². The minimum absolute atomic E-state index is 0. The van der Waals surface area contributed by atoms with Gasteiger partial charge in [-0.3, -0.25) is 0 Å². The number of guanidine groups is 1. The van der Waals surface area contributed by atoms with Crippen molar-refractivity contribution in [3.63, 3.8) is 0 Å². The Bertz CT molecular complexity index is 924. The highest BCUT2D eigenvalue weighted by Crippen LogP contribution is 2.15. The van der Waals surface area contributed by atoms with Crippen molar-refractivity contribution in [2.45, 2.75) is 32.2 Å². The number of para-hydroxylation sites is 1. The molecular formula is C21H29FIN3O3S. The zero-order valence-corrected chi connectivity index (χ0v) is 20.5. The molecule has 0 saturated heterocycles. The summed E-state index contributed by atoms with van der Waals surface area (Å²) in [6.45, 7) is 5.21. The van der Waals surface area contributed by atoms with Gasteiger partial charge in [-0.1, -0.05) is 24.3 Å². The molecule has 2 aromatic rings. The number of nitrogens with zero attached hydrogens (tertiary/aromatic N) is 1. The van der Waals surface area contributed by atoms with Crippen LogP contribution >= 0.6 is 24.0 Å². The first-order valence-electron chi connectivity index (χ1n) is 9.45. The van der Waals surface area contributed by atoms with Crippen LogP contribution < -0.4 is 15.4 Å². The molecule has 0 aliphatic carbocycles. The summed E-state index contributed by atoms with van der Waals surface area (Å²) in [5.74, 6) is 0.763. The molecule has 2 rings (SSSR count). The highest BCUT2D eigenvalue weighted by molar-refractivity contribution is 14.0. The zero-order chi connectivity index (χ0) is 21.3. The molecule has 9 heteroatoms. The lowest BCUT2D eigenvalue weighted by molar-refractivity contribution is 0.224. The van der Waals surface area contributed by atoms with Crippen LogP contribution in [-0.2, 0) is 22.1 Å². The monoisotopic (exact) mass is 549 g/mol. The molecule has 6 nitrogen and oxygen atoms in total. The third kappa shape index (κ3) is 9.75. The van der Waals surface area contributed by atoms with E-state index in [1.54, 1.807) is 0 Å². The molecule has 0 saturated carbocycles. The van der Waals surface area contributed by atoms with E-state index < -0.39 is 15.7 Å². The SMILES string of the molecule is CCNC(=NCc1cc(F)ccc1CS(C)(=O)=O)NCC(C)Oc1ccccc1.I. The van der Waals surface area contributed by atoms with Gasteiger partial charge in [0.15, 0.2) is 15.8 Å². The van der Waals surface area contributed by atoms with Crippen molar-refractivity contribution in [1.29, 1.82) is 0 Å². The third-order valence-corrected chi connectivity index (χ3v) is 4.81. The van der Waals surface area contributed by atoms with Crippen LogP contribution in [0.15, 0.2) is 53.5 Å². The highest BCUT2D eigenvalue weighted by atomic mass is 127. The summed E-state index contributed by atoms with van der Waals surface area (Å²) in [6, 6.07) is 13.6. The Morgan fingerprint density at radius 3 is 2.47 bits per heavy atom. The Morgan fingerprint density at radius 1 is 1.13 bits per heavy atom. The number of hydrogen-bond donors (Lipinski definition) is 2. The van der Waals surface area contributed by atoms with Crippen molar-refractivity contribution >= 4 is 39.8 Å². The number of ether oxygens (including phenoxy) is 1. The van der Waals surface area contributed by atoms with Crippen LogP contribution in [0.3, 0.4) is 0 Å². The molecule has 0 aromatic heterocycles. The summed E-state index contributed by atoms with van der Waals surface area (Å²) < 4.78 is 42.8. The van der Waals surface area contributed by atoms with Crippen molar-refractivity contribution in [3.05, 3.63) is 65.5 Å². The van der Waals surface area contributed by atoms with E-state index in [2.05, 4.69) is 15.6 Å². The molecule has 1 unspecified atom stereocenters. The molecule has 2 aromatic carbocycles. The van der Waals surface area contributed by atoms with Crippen LogP contribution in [0.25, 0.3) is 0 Å². The van der Waals surface area contributed by atoms with Crippen LogP contribution in [0.4, 0.5) is 4.39 Å². The first-order valence-corrected chi connectivity index (χ1v) is 11.5. The maximum atomic E-state index is 13.7. The maximum absolute atomic E-state index is 13.7. The number of hydrogen-bond acceptors (Lipinski definition) is 4. The van der Waals surface area contributed by atoms with Crippen molar-refractivity contribution in [2.24, 2.45) is 4.99 Å². The van der Waals surface area contributed by atoms with Crippen LogP contribution in [0, 0.1) is 5.82 Å². The molecule has 0 radical (unpaired) electrons. The number of rotatable bonds is 9.